The fraction of sp³-hybridized carbons (Fsp3) is 0.227. The topological polar surface area (TPSA) is 78.3 Å². The van der Waals surface area contributed by atoms with E-state index >= 15 is 0 Å². The fourth-order valence-electron chi connectivity index (χ4n) is 3.75. The summed E-state index contributed by atoms with van der Waals surface area (Å²) in [5, 5.41) is 9.56. The number of thioether (sulfide) groups is 1. The highest BCUT2D eigenvalue weighted by Crippen LogP contribution is 2.29. The van der Waals surface area contributed by atoms with Gasteiger partial charge < -0.3 is 19.2 Å². The molecule has 158 valence electrons. The van der Waals surface area contributed by atoms with Crippen molar-refractivity contribution in [1.29, 1.82) is 0 Å². The summed E-state index contributed by atoms with van der Waals surface area (Å²) in [5.74, 6) is 0.408. The molecule has 0 atom stereocenters. The quantitative estimate of drug-likeness (QED) is 0.479. The minimum Gasteiger partial charge on any atom is -0.411 e. The Morgan fingerprint density at radius 1 is 1.06 bits per heavy atom. The van der Waals surface area contributed by atoms with Gasteiger partial charge in [-0.25, -0.2) is 4.39 Å². The summed E-state index contributed by atoms with van der Waals surface area (Å²) in [4.78, 5) is 19.6. The second-order valence-electron chi connectivity index (χ2n) is 7.23. The van der Waals surface area contributed by atoms with E-state index in [2.05, 4.69) is 15.2 Å². The van der Waals surface area contributed by atoms with Gasteiger partial charge in [-0.3, -0.25) is 4.79 Å². The maximum atomic E-state index is 14.0. The number of amides is 1. The molecule has 31 heavy (non-hydrogen) atoms. The molecule has 1 fully saturated rings. The average Bonchev–Trinajstić information content (AvgIpc) is 3.45. The van der Waals surface area contributed by atoms with E-state index in [1.54, 1.807) is 17.0 Å². The molecule has 4 aromatic rings. The number of aromatic nitrogens is 3. The Kier molecular flexibility index (Phi) is 5.33. The molecule has 0 saturated carbocycles. The number of hydrogen-bond donors (Lipinski definition) is 1. The summed E-state index contributed by atoms with van der Waals surface area (Å²) in [6, 6.07) is 14.6. The predicted octanol–water partition coefficient (Wildman–Crippen LogP) is 3.80. The molecule has 2 aromatic carbocycles. The van der Waals surface area contributed by atoms with Crippen LogP contribution in [0.5, 0.6) is 0 Å². The number of nitrogens with one attached hydrogen (secondary N) is 1. The number of H-pyrrole nitrogens is 1. The van der Waals surface area contributed by atoms with Crippen molar-refractivity contribution in [3.05, 3.63) is 60.5 Å². The molecule has 5 rings (SSSR count). The smallest absolute Gasteiger partial charge is 0.277 e. The van der Waals surface area contributed by atoms with Gasteiger partial charge in [0.15, 0.2) is 0 Å². The number of nitrogens with zero attached hydrogens (tertiary/aromatic N) is 4. The lowest BCUT2D eigenvalue weighted by molar-refractivity contribution is -0.128. The average molecular weight is 438 g/mol. The van der Waals surface area contributed by atoms with Crippen molar-refractivity contribution in [3.8, 4) is 11.5 Å². The Morgan fingerprint density at radius 2 is 1.84 bits per heavy atom. The number of piperazine rings is 1. The number of carbonyl (C=O) groups is 1. The lowest BCUT2D eigenvalue weighted by Gasteiger charge is -2.36. The predicted molar refractivity (Wildman–Crippen MR) is 118 cm³/mol. The van der Waals surface area contributed by atoms with Crippen LogP contribution >= 0.6 is 11.8 Å². The van der Waals surface area contributed by atoms with E-state index in [9.17, 15) is 9.18 Å². The molecule has 0 unspecified atom stereocenters. The van der Waals surface area contributed by atoms with Gasteiger partial charge in [0.2, 0.25) is 5.91 Å². The zero-order valence-corrected chi connectivity index (χ0v) is 17.4. The molecule has 1 saturated heterocycles. The number of hydrogen-bond acceptors (Lipinski definition) is 6. The van der Waals surface area contributed by atoms with E-state index in [1.165, 1.54) is 17.8 Å². The van der Waals surface area contributed by atoms with Crippen LogP contribution in [0.1, 0.15) is 0 Å². The summed E-state index contributed by atoms with van der Waals surface area (Å²) < 4.78 is 19.7. The monoisotopic (exact) mass is 437 g/mol. The van der Waals surface area contributed by atoms with Crippen molar-refractivity contribution in [2.75, 3.05) is 36.8 Å². The summed E-state index contributed by atoms with van der Waals surface area (Å²) in [6.07, 6.45) is 1.84. The van der Waals surface area contributed by atoms with Crippen LogP contribution in [0.2, 0.25) is 0 Å². The molecule has 3 heterocycles. The highest BCUT2D eigenvalue weighted by atomic mass is 32.2. The van der Waals surface area contributed by atoms with Crippen LogP contribution < -0.4 is 4.90 Å². The molecule has 9 heteroatoms. The van der Waals surface area contributed by atoms with E-state index < -0.39 is 0 Å². The first kappa shape index (κ1) is 19.6. The Balaban J connectivity index is 1.17. The SMILES string of the molecule is O=C(CSc1nnc(-c2c[nH]c3ccccc23)o1)N1CCN(c2ccccc2F)CC1. The maximum Gasteiger partial charge on any atom is 0.277 e. The van der Waals surface area contributed by atoms with Gasteiger partial charge in [-0.2, -0.15) is 0 Å². The first-order chi connectivity index (χ1) is 15.2. The Morgan fingerprint density at radius 3 is 2.68 bits per heavy atom. The van der Waals surface area contributed by atoms with Gasteiger partial charge in [0, 0.05) is 43.3 Å². The van der Waals surface area contributed by atoms with Gasteiger partial charge in [-0.1, -0.05) is 42.1 Å². The van der Waals surface area contributed by atoms with Crippen LogP contribution in [0.15, 0.2) is 64.4 Å². The van der Waals surface area contributed by atoms with Gasteiger partial charge >= 0.3 is 0 Å². The maximum absolute atomic E-state index is 14.0. The van der Waals surface area contributed by atoms with Crippen molar-refractivity contribution < 1.29 is 13.6 Å². The van der Waals surface area contributed by atoms with Gasteiger partial charge in [0.1, 0.15) is 5.82 Å². The van der Waals surface area contributed by atoms with E-state index in [1.807, 2.05) is 41.4 Å². The van der Waals surface area contributed by atoms with Crippen LogP contribution in [0, 0.1) is 5.82 Å². The minimum absolute atomic E-state index is 0.00466. The number of carbonyl (C=O) groups excluding carboxylic acids is 1. The van der Waals surface area contributed by atoms with Crippen molar-refractivity contribution in [3.63, 3.8) is 0 Å². The van der Waals surface area contributed by atoms with Crippen molar-refractivity contribution in [1.82, 2.24) is 20.1 Å². The van der Waals surface area contributed by atoms with E-state index in [0.29, 0.717) is 43.0 Å². The second-order valence-corrected chi connectivity index (χ2v) is 8.16. The third-order valence-corrected chi connectivity index (χ3v) is 6.17. The molecular weight excluding hydrogens is 417 g/mol. The molecule has 0 radical (unpaired) electrons. The highest BCUT2D eigenvalue weighted by Gasteiger charge is 2.23. The van der Waals surface area contributed by atoms with Crippen LogP contribution in [-0.2, 0) is 4.79 Å². The zero-order valence-electron chi connectivity index (χ0n) is 16.6. The standard InChI is InChI=1S/C22H20FN5O2S/c23-17-6-2-4-8-19(17)27-9-11-28(12-10-27)20(29)14-31-22-26-25-21(30-22)16-13-24-18-7-3-1-5-15(16)18/h1-8,13,24H,9-12,14H2. The number of aromatic amines is 1. The number of rotatable bonds is 5. The van der Waals surface area contributed by atoms with Crippen LogP contribution in [0.3, 0.4) is 0 Å². The first-order valence-corrected chi connectivity index (χ1v) is 11.0. The summed E-state index contributed by atoms with van der Waals surface area (Å²) in [6.45, 7) is 2.31. The Labute approximate surface area is 182 Å². The summed E-state index contributed by atoms with van der Waals surface area (Å²) >= 11 is 1.23. The normalized spacial score (nSPS) is 14.4. The minimum atomic E-state index is -0.236. The second kappa shape index (κ2) is 8.43. The zero-order chi connectivity index (χ0) is 21.2. The first-order valence-electron chi connectivity index (χ1n) is 9.99. The van der Waals surface area contributed by atoms with Gasteiger partial charge in [0.05, 0.1) is 17.0 Å². The molecule has 2 aromatic heterocycles. The largest absolute Gasteiger partial charge is 0.411 e. The third-order valence-electron chi connectivity index (χ3n) is 5.37. The molecule has 0 spiro atoms. The van der Waals surface area contributed by atoms with Gasteiger partial charge in [-0.15, -0.1) is 10.2 Å². The number of para-hydroxylation sites is 2. The molecule has 1 N–H and O–H groups in total. The molecule has 1 amide bonds. The van der Waals surface area contributed by atoms with Gasteiger partial charge in [0.25, 0.3) is 11.1 Å². The Bertz CT molecular complexity index is 1220. The van der Waals surface area contributed by atoms with E-state index in [-0.39, 0.29) is 17.5 Å². The third kappa shape index (κ3) is 4.00. The van der Waals surface area contributed by atoms with Crippen molar-refractivity contribution >= 4 is 34.3 Å². The van der Waals surface area contributed by atoms with Crippen molar-refractivity contribution in [2.45, 2.75) is 5.22 Å². The summed E-state index contributed by atoms with van der Waals surface area (Å²) in [5.41, 5.74) is 2.42. The lowest BCUT2D eigenvalue weighted by atomic mass is 10.2. The lowest BCUT2D eigenvalue weighted by Crippen LogP contribution is -2.49. The van der Waals surface area contributed by atoms with Crippen LogP contribution in [0.4, 0.5) is 10.1 Å². The van der Waals surface area contributed by atoms with Crippen molar-refractivity contribution in [2.24, 2.45) is 0 Å². The summed E-state index contributed by atoms with van der Waals surface area (Å²) in [7, 11) is 0. The highest BCUT2D eigenvalue weighted by molar-refractivity contribution is 7.99. The molecular formula is C22H20FN5O2S. The fourth-order valence-corrected chi connectivity index (χ4v) is 4.41. The number of fused-ring (bicyclic) bond motifs is 1. The molecule has 7 nitrogen and oxygen atoms in total. The van der Waals surface area contributed by atoms with Gasteiger partial charge in [-0.05, 0) is 18.2 Å². The molecule has 0 aliphatic carbocycles. The molecule has 1 aliphatic heterocycles. The number of anilines is 1. The van der Waals surface area contributed by atoms with Crippen LogP contribution in [0.25, 0.3) is 22.4 Å². The number of halogens is 1. The number of benzene rings is 2. The van der Waals surface area contributed by atoms with E-state index in [4.69, 9.17) is 4.42 Å². The molecule has 0 bridgehead atoms. The van der Waals surface area contributed by atoms with Crippen LogP contribution in [-0.4, -0.2) is 57.9 Å². The van der Waals surface area contributed by atoms with E-state index in [0.717, 1.165) is 16.5 Å². The Hall–Kier alpha value is -3.33. The molecule has 1 aliphatic rings.